The Morgan fingerprint density at radius 2 is 2.12 bits per heavy atom. The van der Waals surface area contributed by atoms with E-state index in [0.29, 0.717) is 32.0 Å². The third kappa shape index (κ3) is 3.70. The van der Waals surface area contributed by atoms with Crippen molar-refractivity contribution >= 4 is 16.8 Å². The van der Waals surface area contributed by atoms with Gasteiger partial charge in [-0.25, -0.2) is 15.0 Å². The first-order chi connectivity index (χ1) is 12.8. The van der Waals surface area contributed by atoms with Gasteiger partial charge in [-0.3, -0.25) is 4.79 Å². The molecule has 6 heteroatoms. The van der Waals surface area contributed by atoms with E-state index in [1.54, 1.807) is 18.6 Å². The Balaban J connectivity index is 1.51. The summed E-state index contributed by atoms with van der Waals surface area (Å²) >= 11 is 0. The smallest absolute Gasteiger partial charge is 0.272 e. The molecule has 1 saturated heterocycles. The Labute approximate surface area is 151 Å². The molecule has 3 aromatic rings. The fourth-order valence-corrected chi connectivity index (χ4v) is 3.27. The van der Waals surface area contributed by atoms with E-state index in [2.05, 4.69) is 15.0 Å². The number of aromatic nitrogens is 3. The number of benzene rings is 1. The molecule has 6 nitrogen and oxygen atoms in total. The molecule has 26 heavy (non-hydrogen) atoms. The second-order valence-corrected chi connectivity index (χ2v) is 6.49. The summed E-state index contributed by atoms with van der Waals surface area (Å²) in [7, 11) is 0. The molecule has 0 unspecified atom stereocenters. The Hall–Kier alpha value is -2.86. The molecule has 1 aliphatic heterocycles. The van der Waals surface area contributed by atoms with Crippen LogP contribution >= 0.6 is 0 Å². The molecular formula is C20H20N4O2. The molecule has 0 aliphatic carbocycles. The molecule has 1 fully saturated rings. The number of carbonyl (C=O) groups excluding carboxylic acids is 1. The number of nitrogens with zero attached hydrogens (tertiary/aromatic N) is 4. The van der Waals surface area contributed by atoms with Gasteiger partial charge in [0.05, 0.1) is 18.7 Å². The highest BCUT2D eigenvalue weighted by molar-refractivity contribution is 5.94. The summed E-state index contributed by atoms with van der Waals surface area (Å²) < 4.78 is 5.71. The Bertz CT molecular complexity index is 900. The standard InChI is InChI=1S/C20H20N4O2/c25-20(19-6-5-16-3-1-2-4-18(16)23-19)24-9-10-26-13-15(12-24)11-17-7-8-21-14-22-17/h1-8,14-15H,9-13H2/t15-/m1/s1. The molecule has 1 aliphatic rings. The van der Waals surface area contributed by atoms with Gasteiger partial charge < -0.3 is 9.64 Å². The summed E-state index contributed by atoms with van der Waals surface area (Å²) in [4.78, 5) is 27.6. The highest BCUT2D eigenvalue weighted by Crippen LogP contribution is 2.17. The van der Waals surface area contributed by atoms with Gasteiger partial charge >= 0.3 is 0 Å². The van der Waals surface area contributed by atoms with Gasteiger partial charge in [0.1, 0.15) is 12.0 Å². The zero-order chi connectivity index (χ0) is 17.8. The summed E-state index contributed by atoms with van der Waals surface area (Å²) in [5, 5.41) is 1.03. The van der Waals surface area contributed by atoms with Crippen LogP contribution in [0.3, 0.4) is 0 Å². The number of fused-ring (bicyclic) bond motifs is 1. The summed E-state index contributed by atoms with van der Waals surface area (Å²) in [5.74, 6) is 0.158. The lowest BCUT2D eigenvalue weighted by molar-refractivity contribution is 0.0732. The lowest BCUT2D eigenvalue weighted by atomic mass is 10.0. The van der Waals surface area contributed by atoms with E-state index in [0.717, 1.165) is 23.0 Å². The summed E-state index contributed by atoms with van der Waals surface area (Å²) in [5.41, 5.74) is 2.28. The van der Waals surface area contributed by atoms with Crippen LogP contribution in [0.1, 0.15) is 16.2 Å². The van der Waals surface area contributed by atoms with Crippen LogP contribution in [-0.4, -0.2) is 52.1 Å². The lowest BCUT2D eigenvalue weighted by Gasteiger charge is -2.23. The monoisotopic (exact) mass is 348 g/mol. The third-order valence-electron chi connectivity index (χ3n) is 4.58. The maximum absolute atomic E-state index is 13.0. The van der Waals surface area contributed by atoms with Crippen LogP contribution in [-0.2, 0) is 11.2 Å². The van der Waals surface area contributed by atoms with Crippen LogP contribution in [0.15, 0.2) is 55.0 Å². The van der Waals surface area contributed by atoms with Gasteiger partial charge in [-0.15, -0.1) is 0 Å². The number of hydrogen-bond donors (Lipinski definition) is 0. The van der Waals surface area contributed by atoms with Gasteiger partial charge in [-0.1, -0.05) is 24.3 Å². The van der Waals surface area contributed by atoms with Gasteiger partial charge in [-0.05, 0) is 24.6 Å². The summed E-state index contributed by atoms with van der Waals surface area (Å²) in [6.45, 7) is 2.38. The third-order valence-corrected chi connectivity index (χ3v) is 4.58. The first-order valence-corrected chi connectivity index (χ1v) is 8.77. The quantitative estimate of drug-likeness (QED) is 0.727. The van der Waals surface area contributed by atoms with Crippen LogP contribution in [0.5, 0.6) is 0 Å². The number of para-hydroxylation sites is 1. The molecule has 1 atom stereocenters. The van der Waals surface area contributed by atoms with Crippen molar-refractivity contribution in [1.29, 1.82) is 0 Å². The van der Waals surface area contributed by atoms with E-state index >= 15 is 0 Å². The molecule has 132 valence electrons. The number of amides is 1. The molecule has 3 heterocycles. The zero-order valence-electron chi connectivity index (χ0n) is 14.4. The molecular weight excluding hydrogens is 328 g/mol. The van der Waals surface area contributed by atoms with E-state index in [4.69, 9.17) is 4.74 Å². The fourth-order valence-electron chi connectivity index (χ4n) is 3.27. The van der Waals surface area contributed by atoms with Gasteiger partial charge in [0.25, 0.3) is 5.91 Å². The second kappa shape index (κ2) is 7.58. The molecule has 1 aromatic carbocycles. The number of rotatable bonds is 3. The number of ether oxygens (including phenoxy) is 1. The van der Waals surface area contributed by atoms with Crippen LogP contribution < -0.4 is 0 Å². The fraction of sp³-hybridized carbons (Fsp3) is 0.300. The van der Waals surface area contributed by atoms with E-state index in [1.165, 1.54) is 0 Å². The van der Waals surface area contributed by atoms with Crippen molar-refractivity contribution in [2.24, 2.45) is 5.92 Å². The molecule has 0 spiro atoms. The molecule has 0 saturated carbocycles. The average Bonchev–Trinajstić information content (AvgIpc) is 2.93. The SMILES string of the molecule is O=C(c1ccc2ccccc2n1)N1CCOC[C@H](Cc2ccncn2)C1. The lowest BCUT2D eigenvalue weighted by Crippen LogP contribution is -2.37. The van der Waals surface area contributed by atoms with Crippen LogP contribution in [0, 0.1) is 5.92 Å². The van der Waals surface area contributed by atoms with Crippen LogP contribution in [0.2, 0.25) is 0 Å². The van der Waals surface area contributed by atoms with Crippen molar-refractivity contribution in [2.75, 3.05) is 26.3 Å². The van der Waals surface area contributed by atoms with Gasteiger partial charge in [0.2, 0.25) is 0 Å². The number of pyridine rings is 1. The highest BCUT2D eigenvalue weighted by atomic mass is 16.5. The molecule has 4 rings (SSSR count). The van der Waals surface area contributed by atoms with Crippen molar-refractivity contribution in [2.45, 2.75) is 6.42 Å². The molecule has 2 aromatic heterocycles. The number of carbonyl (C=O) groups is 1. The predicted octanol–water partition coefficient (Wildman–Crippen LogP) is 2.36. The largest absolute Gasteiger partial charge is 0.379 e. The molecule has 0 bridgehead atoms. The van der Waals surface area contributed by atoms with Crippen molar-refractivity contribution < 1.29 is 9.53 Å². The van der Waals surface area contributed by atoms with E-state index in [1.807, 2.05) is 41.3 Å². The van der Waals surface area contributed by atoms with Crippen LogP contribution in [0.4, 0.5) is 0 Å². The van der Waals surface area contributed by atoms with Crippen LogP contribution in [0.25, 0.3) is 10.9 Å². The summed E-state index contributed by atoms with van der Waals surface area (Å²) in [6.07, 6.45) is 4.05. The van der Waals surface area contributed by atoms with Crippen molar-refractivity contribution in [3.8, 4) is 0 Å². The van der Waals surface area contributed by atoms with Gasteiger partial charge in [-0.2, -0.15) is 0 Å². The minimum Gasteiger partial charge on any atom is -0.379 e. The van der Waals surface area contributed by atoms with Crippen molar-refractivity contribution in [3.05, 3.63) is 66.4 Å². The van der Waals surface area contributed by atoms with E-state index < -0.39 is 0 Å². The predicted molar refractivity (Wildman–Crippen MR) is 97.7 cm³/mol. The van der Waals surface area contributed by atoms with Crippen molar-refractivity contribution in [1.82, 2.24) is 19.9 Å². The maximum Gasteiger partial charge on any atom is 0.272 e. The van der Waals surface area contributed by atoms with E-state index in [9.17, 15) is 4.79 Å². The average molecular weight is 348 g/mol. The first-order valence-electron chi connectivity index (χ1n) is 8.77. The minimum absolute atomic E-state index is 0.0473. The van der Waals surface area contributed by atoms with Crippen molar-refractivity contribution in [3.63, 3.8) is 0 Å². The molecule has 0 N–H and O–H groups in total. The topological polar surface area (TPSA) is 68.2 Å². The normalized spacial score (nSPS) is 17.8. The molecule has 0 radical (unpaired) electrons. The number of hydrogen-bond acceptors (Lipinski definition) is 5. The Kier molecular flexibility index (Phi) is 4.84. The maximum atomic E-state index is 13.0. The second-order valence-electron chi connectivity index (χ2n) is 6.49. The highest BCUT2D eigenvalue weighted by Gasteiger charge is 2.24. The minimum atomic E-state index is -0.0473. The first kappa shape index (κ1) is 16.6. The molecule has 1 amide bonds. The summed E-state index contributed by atoms with van der Waals surface area (Å²) in [6, 6.07) is 13.5. The van der Waals surface area contributed by atoms with Gasteiger partial charge in [0, 0.05) is 36.3 Å². The Morgan fingerprint density at radius 3 is 3.00 bits per heavy atom. The van der Waals surface area contributed by atoms with E-state index in [-0.39, 0.29) is 11.8 Å². The van der Waals surface area contributed by atoms with Gasteiger partial charge in [0.15, 0.2) is 0 Å². The Morgan fingerprint density at radius 1 is 1.19 bits per heavy atom. The zero-order valence-corrected chi connectivity index (χ0v) is 14.4.